The minimum atomic E-state index is -0.866. The number of piperazine rings is 1. The summed E-state index contributed by atoms with van der Waals surface area (Å²) in [5.74, 6) is -1.22. The molecule has 0 aliphatic carbocycles. The number of urea groups is 1. The summed E-state index contributed by atoms with van der Waals surface area (Å²) in [6.07, 6.45) is 0. The Morgan fingerprint density at radius 3 is 2.30 bits per heavy atom. The summed E-state index contributed by atoms with van der Waals surface area (Å²) in [5.41, 5.74) is 0.532. The molecule has 1 fully saturated rings. The molecule has 0 spiro atoms. The molecule has 0 atom stereocenters. The number of rotatable bonds is 3. The Morgan fingerprint density at radius 2 is 1.75 bits per heavy atom. The number of amides is 2. The lowest BCUT2D eigenvalue weighted by Crippen LogP contribution is -2.51. The Morgan fingerprint density at radius 1 is 1.15 bits per heavy atom. The number of hydrogen-bond acceptors (Lipinski definition) is 3. The third-order valence-electron chi connectivity index (χ3n) is 3.11. The van der Waals surface area contributed by atoms with Crippen LogP contribution in [-0.4, -0.2) is 59.6 Å². The maximum absolute atomic E-state index is 12.7. The molecule has 0 saturated carbocycles. The van der Waals surface area contributed by atoms with Gasteiger partial charge < -0.3 is 15.3 Å². The fourth-order valence-corrected chi connectivity index (χ4v) is 2.04. The third-order valence-corrected chi connectivity index (χ3v) is 3.11. The van der Waals surface area contributed by atoms with Crippen LogP contribution in [0.15, 0.2) is 24.3 Å². The smallest absolute Gasteiger partial charge is 0.321 e. The van der Waals surface area contributed by atoms with Crippen LogP contribution < -0.4 is 5.32 Å². The first-order valence-electron chi connectivity index (χ1n) is 6.30. The highest BCUT2D eigenvalue weighted by molar-refractivity contribution is 5.89. The van der Waals surface area contributed by atoms with Gasteiger partial charge in [-0.1, -0.05) is 0 Å². The van der Waals surface area contributed by atoms with Crippen LogP contribution in [0.2, 0.25) is 0 Å². The Bertz CT molecular complexity index is 484. The van der Waals surface area contributed by atoms with Crippen LogP contribution in [0.5, 0.6) is 0 Å². The van der Waals surface area contributed by atoms with Crippen molar-refractivity contribution < 1.29 is 19.1 Å². The van der Waals surface area contributed by atoms with E-state index in [9.17, 15) is 14.0 Å². The van der Waals surface area contributed by atoms with Crippen LogP contribution in [0.3, 0.4) is 0 Å². The van der Waals surface area contributed by atoms with E-state index in [1.807, 2.05) is 0 Å². The zero-order valence-corrected chi connectivity index (χ0v) is 10.9. The minimum absolute atomic E-state index is 0.00653. The van der Waals surface area contributed by atoms with Gasteiger partial charge in [0.25, 0.3) is 0 Å². The van der Waals surface area contributed by atoms with Crippen molar-refractivity contribution in [3.8, 4) is 0 Å². The van der Waals surface area contributed by atoms with Gasteiger partial charge in [-0.05, 0) is 24.3 Å². The van der Waals surface area contributed by atoms with Crippen molar-refractivity contribution in [3.63, 3.8) is 0 Å². The van der Waals surface area contributed by atoms with Gasteiger partial charge in [0.05, 0.1) is 6.54 Å². The summed E-state index contributed by atoms with van der Waals surface area (Å²) in [7, 11) is 0. The molecule has 0 radical (unpaired) electrons. The number of nitrogens with one attached hydrogen (secondary N) is 1. The summed E-state index contributed by atoms with van der Waals surface area (Å²) in [6.45, 7) is 2.00. The first-order chi connectivity index (χ1) is 9.54. The molecule has 1 saturated heterocycles. The number of carbonyl (C=O) groups is 2. The van der Waals surface area contributed by atoms with Crippen molar-refractivity contribution in [2.24, 2.45) is 0 Å². The molecule has 1 aromatic carbocycles. The molecular weight excluding hydrogens is 265 g/mol. The first-order valence-corrected chi connectivity index (χ1v) is 6.30. The lowest BCUT2D eigenvalue weighted by Gasteiger charge is -2.33. The molecule has 2 amide bonds. The number of carboxylic acid groups (broad SMARTS) is 1. The number of hydrogen-bond donors (Lipinski definition) is 2. The van der Waals surface area contributed by atoms with Crippen LogP contribution in [0.1, 0.15) is 0 Å². The molecule has 0 bridgehead atoms. The fourth-order valence-electron chi connectivity index (χ4n) is 2.04. The highest BCUT2D eigenvalue weighted by Gasteiger charge is 2.22. The number of anilines is 1. The molecule has 1 aromatic rings. The molecule has 6 nitrogen and oxygen atoms in total. The van der Waals surface area contributed by atoms with Gasteiger partial charge in [-0.3, -0.25) is 9.69 Å². The molecule has 0 unspecified atom stereocenters. The Labute approximate surface area is 115 Å². The quantitative estimate of drug-likeness (QED) is 0.869. The largest absolute Gasteiger partial charge is 0.480 e. The molecular formula is C13H16FN3O3. The number of aliphatic carboxylic acids is 1. The fraction of sp³-hybridized carbons (Fsp3) is 0.385. The van der Waals surface area contributed by atoms with E-state index >= 15 is 0 Å². The van der Waals surface area contributed by atoms with Gasteiger partial charge in [-0.2, -0.15) is 0 Å². The Balaban J connectivity index is 1.82. The molecule has 2 rings (SSSR count). The second-order valence-electron chi connectivity index (χ2n) is 4.59. The lowest BCUT2D eigenvalue weighted by molar-refractivity contribution is -0.138. The van der Waals surface area contributed by atoms with Gasteiger partial charge in [0.2, 0.25) is 0 Å². The van der Waals surface area contributed by atoms with E-state index in [-0.39, 0.29) is 18.4 Å². The predicted octanol–water partition coefficient (Wildman–Crippen LogP) is 1.06. The molecule has 7 heteroatoms. The molecule has 2 N–H and O–H groups in total. The minimum Gasteiger partial charge on any atom is -0.480 e. The number of halogens is 1. The van der Waals surface area contributed by atoms with Crippen molar-refractivity contribution in [2.45, 2.75) is 0 Å². The normalized spacial score (nSPS) is 15.9. The van der Waals surface area contributed by atoms with E-state index < -0.39 is 5.97 Å². The van der Waals surface area contributed by atoms with Crippen LogP contribution in [-0.2, 0) is 4.79 Å². The van der Waals surface area contributed by atoms with Crippen LogP contribution in [0.4, 0.5) is 14.9 Å². The SMILES string of the molecule is O=C(O)CN1CCN(C(=O)Nc2ccc(F)cc2)CC1. The van der Waals surface area contributed by atoms with Crippen molar-refractivity contribution in [1.82, 2.24) is 9.80 Å². The van der Waals surface area contributed by atoms with Gasteiger partial charge in [0.1, 0.15) is 5.82 Å². The highest BCUT2D eigenvalue weighted by Crippen LogP contribution is 2.10. The monoisotopic (exact) mass is 281 g/mol. The number of benzene rings is 1. The topological polar surface area (TPSA) is 72.9 Å². The Hall–Kier alpha value is -2.15. The third kappa shape index (κ3) is 3.92. The van der Waals surface area contributed by atoms with E-state index in [0.29, 0.717) is 31.9 Å². The standard InChI is InChI=1S/C13H16FN3O3/c14-10-1-3-11(4-2-10)15-13(20)17-7-5-16(6-8-17)9-12(18)19/h1-4H,5-9H2,(H,15,20)(H,18,19). The van der Waals surface area contributed by atoms with Gasteiger partial charge >= 0.3 is 12.0 Å². The zero-order chi connectivity index (χ0) is 14.5. The summed E-state index contributed by atoms with van der Waals surface area (Å²) >= 11 is 0. The van der Waals surface area contributed by atoms with E-state index in [4.69, 9.17) is 5.11 Å². The number of carbonyl (C=O) groups excluding carboxylic acids is 1. The highest BCUT2D eigenvalue weighted by atomic mass is 19.1. The molecule has 108 valence electrons. The van der Waals surface area contributed by atoms with Crippen molar-refractivity contribution in [2.75, 3.05) is 38.0 Å². The summed E-state index contributed by atoms with van der Waals surface area (Å²) in [5, 5.41) is 11.4. The maximum Gasteiger partial charge on any atom is 0.321 e. The second-order valence-corrected chi connectivity index (χ2v) is 4.59. The van der Waals surface area contributed by atoms with E-state index in [1.165, 1.54) is 24.3 Å². The average Bonchev–Trinajstić information content (AvgIpc) is 2.41. The van der Waals surface area contributed by atoms with Crippen LogP contribution in [0, 0.1) is 5.82 Å². The van der Waals surface area contributed by atoms with E-state index in [0.717, 1.165) is 0 Å². The number of carboxylic acids is 1. The average molecular weight is 281 g/mol. The Kier molecular flexibility index (Phi) is 4.52. The van der Waals surface area contributed by atoms with Gasteiger partial charge in [0.15, 0.2) is 0 Å². The van der Waals surface area contributed by atoms with Gasteiger partial charge in [0, 0.05) is 31.9 Å². The van der Waals surface area contributed by atoms with Crippen molar-refractivity contribution in [1.29, 1.82) is 0 Å². The lowest BCUT2D eigenvalue weighted by atomic mass is 10.3. The molecule has 1 heterocycles. The van der Waals surface area contributed by atoms with Gasteiger partial charge in [-0.25, -0.2) is 9.18 Å². The summed E-state index contributed by atoms with van der Waals surface area (Å²) < 4.78 is 12.7. The van der Waals surface area contributed by atoms with E-state index in [2.05, 4.69) is 5.32 Å². The van der Waals surface area contributed by atoms with Crippen LogP contribution in [0.25, 0.3) is 0 Å². The van der Waals surface area contributed by atoms with Crippen molar-refractivity contribution in [3.05, 3.63) is 30.1 Å². The second kappa shape index (κ2) is 6.33. The first kappa shape index (κ1) is 14.3. The van der Waals surface area contributed by atoms with E-state index in [1.54, 1.807) is 9.80 Å². The summed E-state index contributed by atoms with van der Waals surface area (Å²) in [4.78, 5) is 25.9. The molecule has 1 aliphatic rings. The summed E-state index contributed by atoms with van der Waals surface area (Å²) in [6, 6.07) is 5.29. The predicted molar refractivity (Wildman–Crippen MR) is 71.1 cm³/mol. The molecule has 1 aliphatic heterocycles. The molecule has 0 aromatic heterocycles. The molecule has 20 heavy (non-hydrogen) atoms. The van der Waals surface area contributed by atoms with Crippen molar-refractivity contribution >= 4 is 17.7 Å². The maximum atomic E-state index is 12.7. The zero-order valence-electron chi connectivity index (χ0n) is 10.9. The van der Waals surface area contributed by atoms with Gasteiger partial charge in [-0.15, -0.1) is 0 Å². The van der Waals surface area contributed by atoms with Crippen LogP contribution >= 0.6 is 0 Å². The number of nitrogens with zero attached hydrogens (tertiary/aromatic N) is 2.